The summed E-state index contributed by atoms with van der Waals surface area (Å²) in [6.07, 6.45) is 2.37. The molecular formula is C16H25NS2. The van der Waals surface area contributed by atoms with E-state index in [9.17, 15) is 0 Å². The van der Waals surface area contributed by atoms with Crippen molar-refractivity contribution in [3.8, 4) is 0 Å². The van der Waals surface area contributed by atoms with Gasteiger partial charge in [0.05, 0.1) is 0 Å². The van der Waals surface area contributed by atoms with Gasteiger partial charge >= 0.3 is 0 Å². The molecule has 3 atom stereocenters. The molecule has 19 heavy (non-hydrogen) atoms. The molecule has 1 N–H and O–H groups in total. The third-order valence-corrected chi connectivity index (χ3v) is 6.84. The summed E-state index contributed by atoms with van der Waals surface area (Å²) in [5, 5.41) is 5.29. The highest BCUT2D eigenvalue weighted by Crippen LogP contribution is 2.34. The maximum Gasteiger partial charge on any atom is 0.0320 e. The molecule has 1 aliphatic heterocycles. The Hall–Kier alpha value is -0.120. The van der Waals surface area contributed by atoms with Gasteiger partial charge in [0, 0.05) is 28.0 Å². The highest BCUT2D eigenvalue weighted by atomic mass is 32.2. The van der Waals surface area contributed by atoms with Gasteiger partial charge in [-0.3, -0.25) is 0 Å². The van der Waals surface area contributed by atoms with E-state index in [0.29, 0.717) is 6.04 Å². The maximum absolute atomic E-state index is 3.78. The van der Waals surface area contributed by atoms with Crippen LogP contribution in [0.5, 0.6) is 0 Å². The Morgan fingerprint density at radius 3 is 2.63 bits per heavy atom. The van der Waals surface area contributed by atoms with E-state index in [0.717, 1.165) is 23.5 Å². The van der Waals surface area contributed by atoms with Crippen molar-refractivity contribution in [3.05, 3.63) is 35.9 Å². The smallest absolute Gasteiger partial charge is 0.0320 e. The molecule has 0 aromatic heterocycles. The molecule has 1 aromatic rings. The largest absolute Gasteiger partial charge is 0.313 e. The van der Waals surface area contributed by atoms with Crippen molar-refractivity contribution >= 4 is 23.5 Å². The molecule has 2 rings (SSSR count). The molecule has 1 fully saturated rings. The first kappa shape index (κ1) is 15.3. The predicted molar refractivity (Wildman–Crippen MR) is 90.4 cm³/mol. The topological polar surface area (TPSA) is 12.0 Å². The summed E-state index contributed by atoms with van der Waals surface area (Å²) in [4.78, 5) is 0. The molecule has 0 radical (unpaired) electrons. The third kappa shape index (κ3) is 4.73. The van der Waals surface area contributed by atoms with Crippen molar-refractivity contribution in [1.82, 2.24) is 5.32 Å². The second-order valence-electron chi connectivity index (χ2n) is 5.16. The van der Waals surface area contributed by atoms with Crippen LogP contribution in [0.2, 0.25) is 0 Å². The Morgan fingerprint density at radius 1 is 1.21 bits per heavy atom. The summed E-state index contributed by atoms with van der Waals surface area (Å²) < 4.78 is 0. The van der Waals surface area contributed by atoms with Crippen molar-refractivity contribution in [2.24, 2.45) is 0 Å². The Morgan fingerprint density at radius 2 is 1.95 bits per heavy atom. The van der Waals surface area contributed by atoms with Crippen molar-refractivity contribution in [2.75, 3.05) is 18.1 Å². The van der Waals surface area contributed by atoms with Crippen LogP contribution in [-0.4, -0.2) is 34.6 Å². The van der Waals surface area contributed by atoms with Crippen molar-refractivity contribution in [2.45, 2.75) is 43.2 Å². The molecule has 0 amide bonds. The minimum absolute atomic E-state index is 0.607. The van der Waals surface area contributed by atoms with E-state index in [4.69, 9.17) is 0 Å². The number of thioether (sulfide) groups is 2. The van der Waals surface area contributed by atoms with Crippen LogP contribution in [-0.2, 0) is 6.42 Å². The summed E-state index contributed by atoms with van der Waals surface area (Å²) in [6, 6.07) is 11.5. The second kappa shape index (κ2) is 8.23. The molecule has 106 valence electrons. The molecule has 1 saturated heterocycles. The summed E-state index contributed by atoms with van der Waals surface area (Å²) in [5.41, 5.74) is 1.46. The average Bonchev–Trinajstić information content (AvgIpc) is 2.45. The lowest BCUT2D eigenvalue weighted by Gasteiger charge is -2.35. The van der Waals surface area contributed by atoms with Crippen LogP contribution in [0.15, 0.2) is 30.3 Å². The maximum atomic E-state index is 3.78. The Labute approximate surface area is 126 Å². The monoisotopic (exact) mass is 295 g/mol. The highest BCUT2D eigenvalue weighted by Gasteiger charge is 2.29. The van der Waals surface area contributed by atoms with Gasteiger partial charge in [-0.1, -0.05) is 44.2 Å². The van der Waals surface area contributed by atoms with E-state index in [2.05, 4.69) is 73.0 Å². The molecule has 1 nitrogen and oxygen atoms in total. The number of hydrogen-bond acceptors (Lipinski definition) is 3. The molecule has 3 unspecified atom stereocenters. The van der Waals surface area contributed by atoms with Gasteiger partial charge in [0.25, 0.3) is 0 Å². The van der Waals surface area contributed by atoms with Crippen LogP contribution in [0.3, 0.4) is 0 Å². The summed E-state index contributed by atoms with van der Waals surface area (Å²) in [6.45, 7) is 5.78. The van der Waals surface area contributed by atoms with Crippen LogP contribution in [0.4, 0.5) is 0 Å². The molecular weight excluding hydrogens is 270 g/mol. The van der Waals surface area contributed by atoms with E-state index in [1.54, 1.807) is 0 Å². The molecule has 0 bridgehead atoms. The fraction of sp³-hybridized carbons (Fsp3) is 0.625. The normalized spacial score (nSPS) is 25.2. The first-order chi connectivity index (χ1) is 9.31. The lowest BCUT2D eigenvalue weighted by atomic mass is 10.0. The number of benzene rings is 1. The van der Waals surface area contributed by atoms with Gasteiger partial charge in [-0.25, -0.2) is 0 Å². The minimum atomic E-state index is 0.607. The van der Waals surface area contributed by atoms with Gasteiger partial charge in [-0.15, -0.1) is 0 Å². The first-order valence-corrected chi connectivity index (χ1v) is 9.41. The van der Waals surface area contributed by atoms with Crippen LogP contribution >= 0.6 is 23.5 Å². The summed E-state index contributed by atoms with van der Waals surface area (Å²) >= 11 is 4.30. The zero-order chi connectivity index (χ0) is 13.5. The molecule has 0 spiro atoms. The van der Waals surface area contributed by atoms with Gasteiger partial charge in [-0.05, 0) is 24.9 Å². The first-order valence-electron chi connectivity index (χ1n) is 7.31. The van der Waals surface area contributed by atoms with Crippen LogP contribution in [0.1, 0.15) is 25.8 Å². The van der Waals surface area contributed by atoms with Crippen LogP contribution < -0.4 is 5.32 Å². The lowest BCUT2D eigenvalue weighted by Crippen LogP contribution is -2.46. The van der Waals surface area contributed by atoms with Crippen molar-refractivity contribution in [1.29, 1.82) is 0 Å². The number of rotatable bonds is 6. The lowest BCUT2D eigenvalue weighted by molar-refractivity contribution is 0.486. The Balaban J connectivity index is 2.02. The van der Waals surface area contributed by atoms with Crippen molar-refractivity contribution < 1.29 is 0 Å². The van der Waals surface area contributed by atoms with Crippen LogP contribution in [0, 0.1) is 0 Å². The second-order valence-corrected chi connectivity index (χ2v) is 7.93. The molecule has 1 aliphatic rings. The molecule has 0 saturated carbocycles. The van der Waals surface area contributed by atoms with Crippen LogP contribution in [0.25, 0.3) is 0 Å². The van der Waals surface area contributed by atoms with E-state index in [-0.39, 0.29) is 0 Å². The predicted octanol–water partition coefficient (Wildman–Crippen LogP) is 3.83. The summed E-state index contributed by atoms with van der Waals surface area (Å²) in [5.74, 6) is 2.62. The SMILES string of the molecule is CCCNC(Cc1ccccc1)C1SCCSC1C. The molecule has 1 heterocycles. The fourth-order valence-corrected chi connectivity index (χ4v) is 5.55. The van der Waals surface area contributed by atoms with Gasteiger partial charge in [0.2, 0.25) is 0 Å². The van der Waals surface area contributed by atoms with E-state index >= 15 is 0 Å². The van der Waals surface area contributed by atoms with Gasteiger partial charge < -0.3 is 5.32 Å². The molecule has 0 aliphatic carbocycles. The summed E-state index contributed by atoms with van der Waals surface area (Å²) in [7, 11) is 0. The van der Waals surface area contributed by atoms with E-state index < -0.39 is 0 Å². The Bertz CT molecular complexity index is 355. The van der Waals surface area contributed by atoms with E-state index in [1.165, 1.54) is 23.5 Å². The zero-order valence-corrected chi connectivity index (χ0v) is 13.6. The number of nitrogens with one attached hydrogen (secondary N) is 1. The quantitative estimate of drug-likeness (QED) is 0.856. The van der Waals surface area contributed by atoms with E-state index in [1.807, 2.05) is 0 Å². The molecule has 3 heteroatoms. The molecule has 1 aromatic carbocycles. The number of hydrogen-bond donors (Lipinski definition) is 1. The minimum Gasteiger partial charge on any atom is -0.313 e. The van der Waals surface area contributed by atoms with Gasteiger partial charge in [0.15, 0.2) is 0 Å². The van der Waals surface area contributed by atoms with Gasteiger partial charge in [-0.2, -0.15) is 23.5 Å². The van der Waals surface area contributed by atoms with Gasteiger partial charge in [0.1, 0.15) is 0 Å². The standard InChI is InChI=1S/C16H25NS2/c1-3-9-17-15(12-14-7-5-4-6-8-14)16-13(2)18-10-11-19-16/h4-8,13,15-17H,3,9-12H2,1-2H3. The average molecular weight is 296 g/mol. The third-order valence-electron chi connectivity index (χ3n) is 3.59. The van der Waals surface area contributed by atoms with Crippen molar-refractivity contribution in [3.63, 3.8) is 0 Å². The fourth-order valence-electron chi connectivity index (χ4n) is 2.59. The zero-order valence-electron chi connectivity index (χ0n) is 12.0. The Kier molecular flexibility index (Phi) is 6.62. The highest BCUT2D eigenvalue weighted by molar-refractivity contribution is 8.07.